The largest absolute Gasteiger partial charge is 0.506 e. The molecule has 0 saturated carbocycles. The summed E-state index contributed by atoms with van der Waals surface area (Å²) in [4.78, 5) is 25.9. The number of methoxy groups -OCH3 is 3. The van der Waals surface area contributed by atoms with E-state index in [-0.39, 0.29) is 59.3 Å². The number of ether oxygens (including phenoxy) is 10. The second-order valence-electron chi connectivity index (χ2n) is 17.3. The van der Waals surface area contributed by atoms with Crippen LogP contribution in [0.2, 0.25) is 0 Å². The van der Waals surface area contributed by atoms with E-state index in [0.717, 1.165) is 0 Å². The summed E-state index contributed by atoms with van der Waals surface area (Å²) in [6.45, 7) is 8.51. The Bertz CT molecular complexity index is 2110. The predicted octanol–water partition coefficient (Wildman–Crippen LogP) is 1.33. The van der Waals surface area contributed by atoms with Crippen LogP contribution in [0.15, 0.2) is 6.07 Å². The third-order valence-corrected chi connectivity index (χ3v) is 14.5. The van der Waals surface area contributed by atoms with Crippen LogP contribution in [0.3, 0.4) is 0 Å². The molecule has 8 N–H and O–H groups in total. The lowest BCUT2D eigenvalue weighted by Crippen LogP contribution is -2.66. The number of fused-ring (bicyclic) bond motifs is 6. The van der Waals surface area contributed by atoms with E-state index in [0.29, 0.717) is 11.1 Å². The van der Waals surface area contributed by atoms with Gasteiger partial charge in [0.05, 0.1) is 53.0 Å². The zero-order chi connectivity index (χ0) is 46.5. The van der Waals surface area contributed by atoms with Gasteiger partial charge < -0.3 is 88.2 Å². The Balaban J connectivity index is 1.38. The highest BCUT2D eigenvalue weighted by molar-refractivity contribution is 14.1. The number of hydrogen-bond donors (Lipinski definition) is 8. The summed E-state index contributed by atoms with van der Waals surface area (Å²) < 4.78 is 59.5. The quantitative estimate of drug-likeness (QED) is 0.0436. The number of phenols is 1. The normalized spacial score (nSPS) is 37.1. The van der Waals surface area contributed by atoms with Crippen LogP contribution in [-0.4, -0.2) is 164 Å². The number of aliphatic hydroxyl groups is 7. The molecule has 0 bridgehead atoms. The van der Waals surface area contributed by atoms with Crippen molar-refractivity contribution in [1.82, 2.24) is 0 Å². The first kappa shape index (κ1) is 48.3. The van der Waals surface area contributed by atoms with Crippen LogP contribution in [0.1, 0.15) is 97.4 Å². The molecule has 1 aliphatic carbocycles. The van der Waals surface area contributed by atoms with E-state index in [9.17, 15) is 50.4 Å². The number of Topliss-reactive ketones (excluding diaryl/α,β-unsaturated/α-hetero) is 1. The SMILES string of the molecule is CCC(O)(C(O)CC(O)O[C@@]12Oc3c(c(C)cc4c(OC)c5c(c(O)c34)C(=O)[C@@H](O)C[C@@H]5OC3CC(C)(O)C(OC(C)=O)C(C)O3)C(I)C1OC(O)(C(OC)OC)[C@]21CO1)[C@@H](C)O. The standard InChI is InChI=1S/C42H57IO20/c1-10-39(52,18(4)44)23(47)13-24(48)61-42-36(63-41(53,37(55-8)56-9)40(42)15-57-40)30(43)26-16(2)11-20-27(34(26)62-42)32(50)29-28(33(20)54-7)22(12-21(46)31(29)49)60-25-14-38(6,51)35(17(3)58-25)59-19(5)45/h11,17-18,21-25,30,35-37,44,46-48,50-53H,10,12-15H2,1-9H3/t17?,18-,21+,22+,23?,24?,25?,30?,35?,36?,38?,39?,40-,41?,42-/m1/s1. The summed E-state index contributed by atoms with van der Waals surface area (Å²) in [5.74, 6) is -7.09. The summed E-state index contributed by atoms with van der Waals surface area (Å²) in [6.07, 6.45) is -15.2. The average Bonchev–Trinajstić information content (AvgIpc) is 3.99. The number of epoxide rings is 1. The molecule has 4 aliphatic heterocycles. The van der Waals surface area contributed by atoms with E-state index < -0.39 is 118 Å². The lowest BCUT2D eigenvalue weighted by molar-refractivity contribution is -0.338. The van der Waals surface area contributed by atoms with Gasteiger partial charge in [-0.2, -0.15) is 0 Å². The number of rotatable bonds is 14. The van der Waals surface area contributed by atoms with Crippen molar-refractivity contribution in [3.63, 3.8) is 0 Å². The van der Waals surface area contributed by atoms with Gasteiger partial charge in [-0.3, -0.25) is 9.59 Å². The number of alkyl halides is 1. The number of benzene rings is 2. The Morgan fingerprint density at radius 2 is 1.78 bits per heavy atom. The van der Waals surface area contributed by atoms with E-state index in [1.807, 2.05) is 22.6 Å². The van der Waals surface area contributed by atoms with Crippen LogP contribution in [-0.2, 0) is 42.7 Å². The van der Waals surface area contributed by atoms with Gasteiger partial charge in [-0.25, -0.2) is 0 Å². The van der Waals surface area contributed by atoms with E-state index in [1.165, 1.54) is 49.0 Å². The summed E-state index contributed by atoms with van der Waals surface area (Å²) >= 11 is 2.03. The minimum absolute atomic E-state index is 0.0450. The van der Waals surface area contributed by atoms with Gasteiger partial charge in [-0.15, -0.1) is 0 Å². The van der Waals surface area contributed by atoms with Gasteiger partial charge in [0.25, 0.3) is 11.6 Å². The Kier molecular flexibility index (Phi) is 13.0. The van der Waals surface area contributed by atoms with E-state index >= 15 is 0 Å². The maximum Gasteiger partial charge on any atom is 0.303 e. The second-order valence-corrected chi connectivity index (χ2v) is 18.6. The number of aliphatic hydroxyl groups excluding tert-OH is 4. The number of carbonyl (C=O) groups is 2. The van der Waals surface area contributed by atoms with Gasteiger partial charge in [-0.1, -0.05) is 29.5 Å². The Hall–Kier alpha value is -2.59. The van der Waals surface area contributed by atoms with Gasteiger partial charge in [0.1, 0.15) is 40.7 Å². The van der Waals surface area contributed by atoms with Crippen molar-refractivity contribution in [1.29, 1.82) is 0 Å². The molecule has 352 valence electrons. The molecule has 0 aromatic heterocycles. The Morgan fingerprint density at radius 3 is 2.32 bits per heavy atom. The smallest absolute Gasteiger partial charge is 0.303 e. The fourth-order valence-electron chi connectivity index (χ4n) is 9.98. The van der Waals surface area contributed by atoms with Gasteiger partial charge in [0.15, 0.2) is 24.5 Å². The minimum atomic E-state index is -2.50. The molecule has 15 atom stereocenters. The first-order chi connectivity index (χ1) is 29.4. The van der Waals surface area contributed by atoms with Crippen molar-refractivity contribution in [2.75, 3.05) is 27.9 Å². The third-order valence-electron chi connectivity index (χ3n) is 13.3. The second kappa shape index (κ2) is 16.9. The molecular weight excluding hydrogens is 951 g/mol. The number of carbonyl (C=O) groups excluding carboxylic acids is 2. The molecule has 0 radical (unpaired) electrons. The molecule has 7 rings (SSSR count). The Labute approximate surface area is 376 Å². The van der Waals surface area contributed by atoms with Crippen LogP contribution < -0.4 is 9.47 Å². The summed E-state index contributed by atoms with van der Waals surface area (Å²) in [5, 5.41) is 91.8. The van der Waals surface area contributed by atoms with Crippen molar-refractivity contribution >= 4 is 45.1 Å². The number of esters is 1. The van der Waals surface area contributed by atoms with Crippen molar-refractivity contribution in [3.05, 3.63) is 28.3 Å². The molecule has 63 heavy (non-hydrogen) atoms. The zero-order valence-electron chi connectivity index (χ0n) is 36.3. The molecular formula is C42H57IO20. The van der Waals surface area contributed by atoms with Gasteiger partial charge in [0.2, 0.25) is 11.9 Å². The van der Waals surface area contributed by atoms with Gasteiger partial charge >= 0.3 is 5.97 Å². The highest BCUT2D eigenvalue weighted by atomic mass is 127. The average molecular weight is 1010 g/mol. The number of phenolic OH excluding ortho intramolecular Hbond substituents is 1. The van der Waals surface area contributed by atoms with Crippen molar-refractivity contribution in [2.45, 2.75) is 161 Å². The van der Waals surface area contributed by atoms with E-state index in [2.05, 4.69) is 0 Å². The molecule has 1 spiro atoms. The number of hydrogen-bond acceptors (Lipinski definition) is 20. The molecule has 21 heteroatoms. The summed E-state index contributed by atoms with van der Waals surface area (Å²) in [5.41, 5.74) is -5.09. The van der Waals surface area contributed by atoms with Gasteiger partial charge in [-0.05, 0) is 45.7 Å². The zero-order valence-corrected chi connectivity index (χ0v) is 38.5. The molecule has 4 heterocycles. The first-order valence-electron chi connectivity index (χ1n) is 20.6. The maximum atomic E-state index is 14.1. The van der Waals surface area contributed by atoms with Crippen LogP contribution >= 0.6 is 22.6 Å². The molecule has 2 aromatic carbocycles. The lowest BCUT2D eigenvalue weighted by atomic mass is 9.80. The predicted molar refractivity (Wildman–Crippen MR) is 222 cm³/mol. The molecule has 0 amide bonds. The van der Waals surface area contributed by atoms with Crippen LogP contribution in [0.5, 0.6) is 17.2 Å². The first-order valence-corrected chi connectivity index (χ1v) is 21.9. The topological polar surface area (TPSA) is 292 Å². The minimum Gasteiger partial charge on any atom is -0.506 e. The van der Waals surface area contributed by atoms with E-state index in [4.69, 9.17) is 47.4 Å². The highest BCUT2D eigenvalue weighted by Crippen LogP contribution is 2.67. The molecule has 3 fully saturated rings. The third kappa shape index (κ3) is 7.33. The summed E-state index contributed by atoms with van der Waals surface area (Å²) in [7, 11) is 3.84. The monoisotopic (exact) mass is 1010 g/mol. The van der Waals surface area contributed by atoms with Crippen molar-refractivity contribution < 1.29 is 97.8 Å². The van der Waals surface area contributed by atoms with Crippen LogP contribution in [0.4, 0.5) is 0 Å². The number of aryl methyl sites for hydroxylation is 1. The van der Waals surface area contributed by atoms with Crippen molar-refractivity contribution in [2.24, 2.45) is 0 Å². The van der Waals surface area contributed by atoms with E-state index in [1.54, 1.807) is 19.9 Å². The van der Waals surface area contributed by atoms with Crippen LogP contribution in [0, 0.1) is 6.92 Å². The number of ketones is 1. The fourth-order valence-corrected chi connectivity index (χ4v) is 11.4. The number of halogens is 1. The van der Waals surface area contributed by atoms with Crippen LogP contribution in [0.25, 0.3) is 10.8 Å². The maximum absolute atomic E-state index is 14.1. The molecule has 10 unspecified atom stereocenters. The molecule has 5 aliphatic rings. The molecule has 2 aromatic rings. The van der Waals surface area contributed by atoms with Gasteiger partial charge in [0, 0.05) is 56.9 Å². The Morgan fingerprint density at radius 1 is 1.13 bits per heavy atom. The number of aromatic hydroxyl groups is 1. The highest BCUT2D eigenvalue weighted by Gasteiger charge is 2.89. The van der Waals surface area contributed by atoms with Crippen molar-refractivity contribution in [3.8, 4) is 17.2 Å². The lowest BCUT2D eigenvalue weighted by Gasteiger charge is -2.46. The molecule has 20 nitrogen and oxygen atoms in total. The molecule has 3 saturated heterocycles. The fraction of sp³-hybridized carbons (Fsp3) is 0.714. The summed E-state index contributed by atoms with van der Waals surface area (Å²) in [6, 6.07) is 1.68.